The van der Waals surface area contributed by atoms with Gasteiger partial charge in [-0.1, -0.05) is 48.5 Å². The first kappa shape index (κ1) is 21.3. The third kappa shape index (κ3) is 4.26. The first-order valence-corrected chi connectivity index (χ1v) is 12.3. The summed E-state index contributed by atoms with van der Waals surface area (Å²) in [5.74, 6) is 1.39. The predicted molar refractivity (Wildman–Crippen MR) is 118 cm³/mol. The van der Waals surface area contributed by atoms with E-state index in [1.807, 2.05) is 35.8 Å². The molecule has 4 rings (SSSR count). The van der Waals surface area contributed by atoms with Crippen LogP contribution in [0.25, 0.3) is 17.1 Å². The van der Waals surface area contributed by atoms with Crippen LogP contribution in [-0.4, -0.2) is 59.5 Å². The zero-order valence-corrected chi connectivity index (χ0v) is 18.8. The molecular weight excluding hydrogens is 444 g/mol. The minimum atomic E-state index is -3.61. The monoisotopic (exact) mass is 464 g/mol. The highest BCUT2D eigenvalue weighted by molar-refractivity contribution is 7.99. The highest BCUT2D eigenvalue weighted by atomic mass is 35.5. The van der Waals surface area contributed by atoms with Crippen LogP contribution in [0.1, 0.15) is 6.92 Å². The first-order chi connectivity index (χ1) is 14.5. The van der Waals surface area contributed by atoms with Gasteiger partial charge < -0.3 is 4.74 Å². The zero-order valence-electron chi connectivity index (χ0n) is 16.4. The van der Waals surface area contributed by atoms with Crippen LogP contribution in [0.3, 0.4) is 0 Å². The lowest BCUT2D eigenvalue weighted by Crippen LogP contribution is -2.40. The molecule has 30 heavy (non-hydrogen) atoms. The summed E-state index contributed by atoms with van der Waals surface area (Å²) in [7, 11) is -3.61. The molecule has 1 aromatic heterocycles. The normalized spacial score (nSPS) is 15.4. The zero-order chi connectivity index (χ0) is 21.1. The number of halogens is 1. The van der Waals surface area contributed by atoms with Gasteiger partial charge in [0.2, 0.25) is 10.0 Å². The van der Waals surface area contributed by atoms with Crippen molar-refractivity contribution in [2.75, 3.05) is 32.1 Å². The number of aromatic nitrogens is 3. The average Bonchev–Trinajstić information content (AvgIpc) is 3.18. The summed E-state index contributed by atoms with van der Waals surface area (Å²) >= 11 is 7.76. The summed E-state index contributed by atoms with van der Waals surface area (Å²) in [5, 5.41) is 10.0. The van der Waals surface area contributed by atoms with Gasteiger partial charge in [-0.3, -0.25) is 4.57 Å². The molecule has 1 saturated heterocycles. The number of sulfonamides is 1. The van der Waals surface area contributed by atoms with Gasteiger partial charge in [-0.25, -0.2) is 8.42 Å². The molecule has 2 heterocycles. The van der Waals surface area contributed by atoms with E-state index in [4.69, 9.17) is 16.3 Å². The van der Waals surface area contributed by atoms with Crippen LogP contribution in [0.5, 0.6) is 0 Å². The van der Waals surface area contributed by atoms with Crippen molar-refractivity contribution in [3.8, 4) is 17.1 Å². The molecule has 1 aliphatic rings. The van der Waals surface area contributed by atoms with Gasteiger partial charge in [-0.05, 0) is 36.1 Å². The third-order valence-electron chi connectivity index (χ3n) is 4.67. The molecule has 2 aromatic carbocycles. The fourth-order valence-corrected chi connectivity index (χ4v) is 5.58. The molecule has 1 fully saturated rings. The van der Waals surface area contributed by atoms with Crippen molar-refractivity contribution in [1.29, 1.82) is 0 Å². The highest BCUT2D eigenvalue weighted by Crippen LogP contribution is 2.30. The van der Waals surface area contributed by atoms with E-state index in [0.717, 1.165) is 16.6 Å². The van der Waals surface area contributed by atoms with E-state index < -0.39 is 10.0 Å². The fraction of sp³-hybridized carbons (Fsp3) is 0.300. The maximum atomic E-state index is 13.1. The van der Waals surface area contributed by atoms with Gasteiger partial charge in [0.25, 0.3) is 0 Å². The second-order valence-corrected chi connectivity index (χ2v) is 10.2. The Bertz CT molecular complexity index is 1140. The summed E-state index contributed by atoms with van der Waals surface area (Å²) in [5.41, 5.74) is 1.49. The molecule has 158 valence electrons. The molecule has 0 spiro atoms. The molecule has 7 nitrogen and oxygen atoms in total. The Kier molecular flexibility index (Phi) is 6.45. The van der Waals surface area contributed by atoms with Crippen molar-refractivity contribution in [1.82, 2.24) is 19.1 Å². The minimum Gasteiger partial charge on any atom is -0.379 e. The molecule has 0 atom stereocenters. The summed E-state index contributed by atoms with van der Waals surface area (Å²) in [6.45, 7) is 3.54. The van der Waals surface area contributed by atoms with Crippen molar-refractivity contribution in [3.05, 3.63) is 53.6 Å². The first-order valence-electron chi connectivity index (χ1n) is 9.53. The summed E-state index contributed by atoms with van der Waals surface area (Å²) in [4.78, 5) is 0.229. The molecule has 0 saturated carbocycles. The molecular formula is C20H21ClN4O3S2. The summed E-state index contributed by atoms with van der Waals surface area (Å²) in [6, 6.07) is 14.2. The van der Waals surface area contributed by atoms with Crippen LogP contribution in [0, 0.1) is 0 Å². The van der Waals surface area contributed by atoms with Crippen LogP contribution in [0.2, 0.25) is 5.02 Å². The van der Waals surface area contributed by atoms with E-state index >= 15 is 0 Å². The lowest BCUT2D eigenvalue weighted by molar-refractivity contribution is 0.0730. The molecule has 0 amide bonds. The van der Waals surface area contributed by atoms with Crippen LogP contribution < -0.4 is 0 Å². The van der Waals surface area contributed by atoms with E-state index in [9.17, 15) is 8.42 Å². The number of thioether (sulfide) groups is 1. The van der Waals surface area contributed by atoms with Crippen LogP contribution in [0.4, 0.5) is 0 Å². The topological polar surface area (TPSA) is 77.3 Å². The van der Waals surface area contributed by atoms with Gasteiger partial charge in [0.15, 0.2) is 11.0 Å². The minimum absolute atomic E-state index is 0.229. The Hall–Kier alpha value is -1.91. The molecule has 0 bridgehead atoms. The van der Waals surface area contributed by atoms with E-state index in [1.165, 1.54) is 4.31 Å². The van der Waals surface area contributed by atoms with Gasteiger partial charge >= 0.3 is 0 Å². The Morgan fingerprint density at radius 1 is 1.10 bits per heavy atom. The van der Waals surface area contributed by atoms with Crippen molar-refractivity contribution >= 4 is 33.4 Å². The maximum absolute atomic E-state index is 13.1. The number of hydrogen-bond donors (Lipinski definition) is 0. The van der Waals surface area contributed by atoms with Gasteiger partial charge in [-0.15, -0.1) is 10.2 Å². The highest BCUT2D eigenvalue weighted by Gasteiger charge is 2.27. The van der Waals surface area contributed by atoms with Crippen LogP contribution in [-0.2, 0) is 14.8 Å². The molecule has 0 aliphatic carbocycles. The number of nitrogens with zero attached hydrogens (tertiary/aromatic N) is 4. The molecule has 0 radical (unpaired) electrons. The lowest BCUT2D eigenvalue weighted by Gasteiger charge is -2.26. The Labute approximate surface area is 185 Å². The number of benzene rings is 2. The number of hydrogen-bond acceptors (Lipinski definition) is 6. The maximum Gasteiger partial charge on any atom is 0.243 e. The number of ether oxygens (including phenoxy) is 1. The van der Waals surface area contributed by atoms with Crippen molar-refractivity contribution in [3.63, 3.8) is 0 Å². The molecule has 0 N–H and O–H groups in total. The molecule has 1 aliphatic heterocycles. The average molecular weight is 465 g/mol. The van der Waals surface area contributed by atoms with Crippen molar-refractivity contribution in [2.45, 2.75) is 17.0 Å². The van der Waals surface area contributed by atoms with Crippen molar-refractivity contribution in [2.24, 2.45) is 0 Å². The standard InChI is InChI=1S/C20H21ClN4O3S2/c1-2-29-20-23-22-19(25(20)17-7-4-6-16(21)14-17)15-5-3-8-18(13-15)30(26,27)24-9-11-28-12-10-24/h3-8,13-14H,2,9-12H2,1H3. The second-order valence-electron chi connectivity index (χ2n) is 6.60. The van der Waals surface area contributed by atoms with Crippen LogP contribution >= 0.6 is 23.4 Å². The number of morpholine rings is 1. The third-order valence-corrected chi connectivity index (χ3v) is 7.61. The van der Waals surface area contributed by atoms with E-state index in [-0.39, 0.29) is 4.90 Å². The smallest absolute Gasteiger partial charge is 0.243 e. The SMILES string of the molecule is CCSc1nnc(-c2cccc(S(=O)(=O)N3CCOCC3)c2)n1-c1cccc(Cl)c1. The molecule has 0 unspecified atom stereocenters. The van der Waals surface area contributed by atoms with E-state index in [0.29, 0.717) is 42.7 Å². The van der Waals surface area contributed by atoms with E-state index in [1.54, 1.807) is 36.0 Å². The quantitative estimate of drug-likeness (QED) is 0.517. The van der Waals surface area contributed by atoms with Gasteiger partial charge in [-0.2, -0.15) is 4.31 Å². The van der Waals surface area contributed by atoms with Crippen molar-refractivity contribution < 1.29 is 13.2 Å². The van der Waals surface area contributed by atoms with Gasteiger partial charge in [0.05, 0.1) is 23.8 Å². The predicted octanol–water partition coefficient (Wildman–Crippen LogP) is 3.72. The van der Waals surface area contributed by atoms with Crippen LogP contribution in [0.15, 0.2) is 58.6 Å². The number of rotatable bonds is 6. The second kappa shape index (κ2) is 9.07. The summed E-state index contributed by atoms with van der Waals surface area (Å²) < 4.78 is 34.8. The van der Waals surface area contributed by atoms with Gasteiger partial charge in [0, 0.05) is 23.7 Å². The largest absolute Gasteiger partial charge is 0.379 e. The Morgan fingerprint density at radius 3 is 2.60 bits per heavy atom. The Balaban J connectivity index is 1.79. The fourth-order valence-electron chi connectivity index (χ4n) is 3.26. The Morgan fingerprint density at radius 2 is 1.87 bits per heavy atom. The van der Waals surface area contributed by atoms with Gasteiger partial charge in [0.1, 0.15) is 0 Å². The molecule has 3 aromatic rings. The van der Waals surface area contributed by atoms with E-state index in [2.05, 4.69) is 10.2 Å². The lowest BCUT2D eigenvalue weighted by atomic mass is 10.2. The summed E-state index contributed by atoms with van der Waals surface area (Å²) in [6.07, 6.45) is 0. The molecule has 10 heteroatoms.